The molecule has 0 N–H and O–H groups in total. The van der Waals surface area contributed by atoms with Crippen LogP contribution in [0.1, 0.15) is 37.4 Å². The maximum absolute atomic E-state index is 11.0. The van der Waals surface area contributed by atoms with Crippen LogP contribution in [0.2, 0.25) is 0 Å². The first-order valence-corrected chi connectivity index (χ1v) is 5.67. The number of hydrogen-bond acceptors (Lipinski definition) is 4. The molecule has 0 radical (unpaired) electrons. The molecule has 72 valence electrons. The summed E-state index contributed by atoms with van der Waals surface area (Å²) in [6.07, 6.45) is 1.65. The largest absolute Gasteiger partial charge is 0.294 e. The minimum atomic E-state index is 0.0956. The predicted molar refractivity (Wildman–Crippen MR) is 57.7 cm³/mol. The zero-order valence-corrected chi connectivity index (χ0v) is 9.88. The first kappa shape index (κ1) is 10.7. The minimum Gasteiger partial charge on any atom is -0.294 e. The van der Waals surface area contributed by atoms with Gasteiger partial charge in [0.25, 0.3) is 0 Å². The van der Waals surface area contributed by atoms with Crippen LogP contribution >= 0.6 is 23.1 Å². The summed E-state index contributed by atoms with van der Waals surface area (Å²) in [5, 5.41) is 0. The van der Waals surface area contributed by atoms with Gasteiger partial charge in [-0.3, -0.25) is 4.79 Å². The van der Waals surface area contributed by atoms with Gasteiger partial charge in [-0.1, -0.05) is 32.5 Å². The number of carbonyl (C=O) groups excluding carboxylic acids is 1. The van der Waals surface area contributed by atoms with Crippen molar-refractivity contribution in [2.24, 2.45) is 0 Å². The average molecular weight is 215 g/mol. The SMILES string of the molecule is CC(=O)c1cnc(SC(C)(C)C)s1. The molecule has 0 aromatic carbocycles. The van der Waals surface area contributed by atoms with Crippen LogP contribution in [0.5, 0.6) is 0 Å². The highest BCUT2D eigenvalue weighted by atomic mass is 32.2. The molecule has 0 spiro atoms. The van der Waals surface area contributed by atoms with Crippen molar-refractivity contribution < 1.29 is 4.79 Å². The van der Waals surface area contributed by atoms with Crippen molar-refractivity contribution in [2.45, 2.75) is 36.8 Å². The summed E-state index contributed by atoms with van der Waals surface area (Å²) in [7, 11) is 0. The van der Waals surface area contributed by atoms with Gasteiger partial charge < -0.3 is 0 Å². The van der Waals surface area contributed by atoms with Gasteiger partial charge in [-0.25, -0.2) is 4.98 Å². The Balaban J connectivity index is 2.75. The van der Waals surface area contributed by atoms with Gasteiger partial charge in [0.1, 0.15) is 0 Å². The Bertz CT molecular complexity index is 312. The summed E-state index contributed by atoms with van der Waals surface area (Å²) in [6.45, 7) is 7.96. The number of hydrogen-bond donors (Lipinski definition) is 0. The van der Waals surface area contributed by atoms with E-state index in [2.05, 4.69) is 25.8 Å². The highest BCUT2D eigenvalue weighted by Gasteiger charge is 2.15. The first-order valence-electron chi connectivity index (χ1n) is 4.04. The Kier molecular flexibility index (Phi) is 3.14. The third kappa shape index (κ3) is 3.48. The summed E-state index contributed by atoms with van der Waals surface area (Å²) < 4.78 is 1.13. The van der Waals surface area contributed by atoms with Crippen molar-refractivity contribution in [3.05, 3.63) is 11.1 Å². The van der Waals surface area contributed by atoms with Gasteiger partial charge in [0, 0.05) is 11.7 Å². The van der Waals surface area contributed by atoms with E-state index in [9.17, 15) is 4.79 Å². The molecule has 0 aliphatic carbocycles. The number of Topliss-reactive ketones (excluding diaryl/α,β-unsaturated/α-hetero) is 1. The van der Waals surface area contributed by atoms with E-state index < -0.39 is 0 Å². The second kappa shape index (κ2) is 3.80. The van der Waals surface area contributed by atoms with E-state index in [1.807, 2.05) is 0 Å². The highest BCUT2D eigenvalue weighted by Crippen LogP contribution is 2.34. The van der Waals surface area contributed by atoms with Gasteiger partial charge in [-0.15, -0.1) is 11.3 Å². The second-order valence-corrected chi connectivity index (χ2v) is 6.87. The minimum absolute atomic E-state index is 0.0956. The van der Waals surface area contributed by atoms with Crippen molar-refractivity contribution in [2.75, 3.05) is 0 Å². The number of ketones is 1. The van der Waals surface area contributed by atoms with Crippen molar-refractivity contribution in [1.29, 1.82) is 0 Å². The average Bonchev–Trinajstić information content (AvgIpc) is 2.31. The Hall–Kier alpha value is -0.350. The van der Waals surface area contributed by atoms with Gasteiger partial charge in [0.15, 0.2) is 10.1 Å². The van der Waals surface area contributed by atoms with Gasteiger partial charge in [-0.2, -0.15) is 0 Å². The second-order valence-electron chi connectivity index (χ2n) is 3.76. The normalized spacial score (nSPS) is 11.7. The van der Waals surface area contributed by atoms with Crippen LogP contribution in [0.3, 0.4) is 0 Å². The topological polar surface area (TPSA) is 30.0 Å². The number of aromatic nitrogens is 1. The molecule has 0 atom stereocenters. The van der Waals surface area contributed by atoms with Crippen LogP contribution in [0.25, 0.3) is 0 Å². The molecule has 1 aromatic heterocycles. The molecule has 1 rings (SSSR count). The molecular weight excluding hydrogens is 202 g/mol. The van der Waals surface area contributed by atoms with E-state index in [1.54, 1.807) is 24.9 Å². The molecule has 0 aliphatic rings. The molecule has 0 aliphatic heterocycles. The zero-order chi connectivity index (χ0) is 10.1. The summed E-state index contributed by atoms with van der Waals surface area (Å²) in [5.41, 5.74) is 0. The predicted octanol–water partition coefficient (Wildman–Crippen LogP) is 3.24. The number of thiazole rings is 1. The molecule has 0 amide bonds. The Morgan fingerprint density at radius 3 is 2.54 bits per heavy atom. The summed E-state index contributed by atoms with van der Waals surface area (Å²) in [5.74, 6) is 0.0956. The number of carbonyl (C=O) groups is 1. The summed E-state index contributed by atoms with van der Waals surface area (Å²) >= 11 is 3.16. The van der Waals surface area contributed by atoms with Crippen LogP contribution in [0, 0.1) is 0 Å². The lowest BCUT2D eigenvalue weighted by Crippen LogP contribution is -2.06. The standard InChI is InChI=1S/C9H13NOS2/c1-6(11)7-5-10-8(12-7)13-9(2,3)4/h5H,1-4H3. The van der Waals surface area contributed by atoms with Crippen molar-refractivity contribution >= 4 is 28.9 Å². The maximum atomic E-state index is 11.0. The molecule has 0 unspecified atom stereocenters. The third-order valence-electron chi connectivity index (χ3n) is 1.22. The maximum Gasteiger partial charge on any atom is 0.171 e. The fourth-order valence-corrected chi connectivity index (χ4v) is 3.09. The van der Waals surface area contributed by atoms with E-state index in [1.165, 1.54) is 11.3 Å². The van der Waals surface area contributed by atoms with Gasteiger partial charge >= 0.3 is 0 Å². The quantitative estimate of drug-likeness (QED) is 0.560. The molecule has 0 saturated heterocycles. The van der Waals surface area contributed by atoms with Crippen LogP contribution in [0.15, 0.2) is 10.5 Å². The van der Waals surface area contributed by atoms with Crippen LogP contribution in [-0.4, -0.2) is 15.5 Å². The Labute approximate surface area is 86.8 Å². The molecule has 2 nitrogen and oxygen atoms in total. The fraction of sp³-hybridized carbons (Fsp3) is 0.556. The molecule has 1 heterocycles. The first-order chi connectivity index (χ1) is 5.88. The molecular formula is C9H13NOS2. The van der Waals surface area contributed by atoms with Crippen molar-refractivity contribution in [1.82, 2.24) is 4.98 Å². The number of nitrogens with zero attached hydrogens (tertiary/aromatic N) is 1. The van der Waals surface area contributed by atoms with Gasteiger partial charge in [0.05, 0.1) is 11.1 Å². The lowest BCUT2D eigenvalue weighted by Gasteiger charge is -2.14. The fourth-order valence-electron chi connectivity index (χ4n) is 0.730. The van der Waals surface area contributed by atoms with E-state index >= 15 is 0 Å². The summed E-state index contributed by atoms with van der Waals surface area (Å²) in [6, 6.07) is 0. The van der Waals surface area contributed by atoms with Crippen molar-refractivity contribution in [3.63, 3.8) is 0 Å². The van der Waals surface area contributed by atoms with Gasteiger partial charge in [0.2, 0.25) is 0 Å². The van der Waals surface area contributed by atoms with E-state index in [4.69, 9.17) is 0 Å². The van der Waals surface area contributed by atoms with E-state index in [0.29, 0.717) is 0 Å². The smallest absolute Gasteiger partial charge is 0.171 e. The molecule has 1 aromatic rings. The Morgan fingerprint density at radius 2 is 2.15 bits per heavy atom. The molecule has 0 bridgehead atoms. The molecule has 13 heavy (non-hydrogen) atoms. The Morgan fingerprint density at radius 1 is 1.54 bits per heavy atom. The van der Waals surface area contributed by atoms with Crippen LogP contribution < -0.4 is 0 Å². The lowest BCUT2D eigenvalue weighted by molar-refractivity contribution is 0.102. The van der Waals surface area contributed by atoms with E-state index in [-0.39, 0.29) is 10.5 Å². The van der Waals surface area contributed by atoms with Gasteiger partial charge in [-0.05, 0) is 0 Å². The lowest BCUT2D eigenvalue weighted by atomic mass is 10.3. The third-order valence-corrected chi connectivity index (χ3v) is 3.51. The molecule has 4 heteroatoms. The highest BCUT2D eigenvalue weighted by molar-refractivity contribution is 8.02. The monoisotopic (exact) mass is 215 g/mol. The van der Waals surface area contributed by atoms with Crippen LogP contribution in [-0.2, 0) is 0 Å². The molecule has 0 fully saturated rings. The number of rotatable bonds is 2. The summed E-state index contributed by atoms with van der Waals surface area (Å²) in [4.78, 5) is 15.9. The molecule has 0 saturated carbocycles. The van der Waals surface area contributed by atoms with E-state index in [0.717, 1.165) is 9.22 Å². The number of thioether (sulfide) groups is 1. The zero-order valence-electron chi connectivity index (χ0n) is 8.25. The van der Waals surface area contributed by atoms with Crippen molar-refractivity contribution in [3.8, 4) is 0 Å². The van der Waals surface area contributed by atoms with Crippen LogP contribution in [0.4, 0.5) is 0 Å².